The van der Waals surface area contributed by atoms with Gasteiger partial charge in [-0.05, 0) is 43.7 Å². The third kappa shape index (κ3) is 4.54. The first-order valence-electron chi connectivity index (χ1n) is 7.38. The van der Waals surface area contributed by atoms with E-state index in [9.17, 15) is 19.7 Å². The summed E-state index contributed by atoms with van der Waals surface area (Å²) in [5, 5.41) is 17.1. The fourth-order valence-corrected chi connectivity index (χ4v) is 2.34. The van der Waals surface area contributed by atoms with Gasteiger partial charge < -0.3 is 10.6 Å². The molecule has 0 aromatic heterocycles. The van der Waals surface area contributed by atoms with Crippen molar-refractivity contribution in [3.8, 4) is 0 Å². The van der Waals surface area contributed by atoms with E-state index < -0.39 is 4.92 Å². The summed E-state index contributed by atoms with van der Waals surface area (Å²) in [5.74, 6) is -0.654. The van der Waals surface area contributed by atoms with Gasteiger partial charge >= 0.3 is 0 Å². The van der Waals surface area contributed by atoms with Crippen LogP contribution in [0.25, 0.3) is 0 Å². The Bertz CT molecular complexity index is 852. The average Bonchev–Trinajstić information content (AvgIpc) is 2.56. The van der Waals surface area contributed by atoms with Gasteiger partial charge in [-0.15, -0.1) is 0 Å². The molecule has 2 aromatic carbocycles. The molecule has 2 aromatic rings. The number of rotatable bonds is 6. The van der Waals surface area contributed by atoms with Gasteiger partial charge in [0.1, 0.15) is 5.69 Å². The largest absolute Gasteiger partial charge is 0.371 e. The summed E-state index contributed by atoms with van der Waals surface area (Å²) in [5.41, 5.74) is 1.43. The van der Waals surface area contributed by atoms with E-state index in [1.165, 1.54) is 25.1 Å². The number of ketones is 1. The number of carbonyl (C=O) groups is 2. The van der Waals surface area contributed by atoms with Crippen LogP contribution in [0, 0.1) is 17.0 Å². The van der Waals surface area contributed by atoms with Crippen LogP contribution < -0.4 is 10.6 Å². The van der Waals surface area contributed by atoms with Crippen LogP contribution in [0.2, 0.25) is 5.02 Å². The minimum Gasteiger partial charge on any atom is -0.371 e. The molecule has 0 unspecified atom stereocenters. The van der Waals surface area contributed by atoms with Gasteiger partial charge in [-0.3, -0.25) is 19.7 Å². The van der Waals surface area contributed by atoms with Crippen LogP contribution in [-0.2, 0) is 4.79 Å². The number of nitrogens with zero attached hydrogens (tertiary/aromatic N) is 1. The molecule has 7 nitrogen and oxygen atoms in total. The number of nitro groups is 1. The van der Waals surface area contributed by atoms with Crippen molar-refractivity contribution in [2.45, 2.75) is 13.8 Å². The summed E-state index contributed by atoms with van der Waals surface area (Å²) in [6.45, 7) is 2.93. The zero-order valence-electron chi connectivity index (χ0n) is 13.6. The van der Waals surface area contributed by atoms with Gasteiger partial charge in [-0.25, -0.2) is 0 Å². The van der Waals surface area contributed by atoms with Crippen LogP contribution in [-0.4, -0.2) is 23.2 Å². The van der Waals surface area contributed by atoms with Crippen molar-refractivity contribution in [3.05, 3.63) is 62.7 Å². The Kier molecular flexibility index (Phi) is 5.71. The minimum atomic E-state index is -0.603. The van der Waals surface area contributed by atoms with Crippen LogP contribution in [0.4, 0.5) is 17.1 Å². The molecule has 1 amide bonds. The highest BCUT2D eigenvalue weighted by Gasteiger charge is 2.17. The summed E-state index contributed by atoms with van der Waals surface area (Å²) in [4.78, 5) is 34.0. The summed E-state index contributed by atoms with van der Waals surface area (Å²) in [6.07, 6.45) is 0. The maximum absolute atomic E-state index is 12.1. The summed E-state index contributed by atoms with van der Waals surface area (Å²) >= 11 is 6.00. The molecule has 0 aliphatic rings. The van der Waals surface area contributed by atoms with Gasteiger partial charge in [0.15, 0.2) is 5.78 Å². The molecule has 0 atom stereocenters. The molecule has 8 heteroatoms. The predicted octanol–water partition coefficient (Wildman–Crippen LogP) is 3.81. The van der Waals surface area contributed by atoms with E-state index in [0.717, 1.165) is 5.56 Å². The van der Waals surface area contributed by atoms with Gasteiger partial charge in [0, 0.05) is 22.3 Å². The minimum absolute atomic E-state index is 0.160. The van der Waals surface area contributed by atoms with Crippen molar-refractivity contribution >= 4 is 40.4 Å². The molecule has 0 radical (unpaired) electrons. The maximum Gasteiger partial charge on any atom is 0.293 e. The Morgan fingerprint density at radius 2 is 1.92 bits per heavy atom. The maximum atomic E-state index is 12.1. The molecule has 2 N–H and O–H groups in total. The van der Waals surface area contributed by atoms with Gasteiger partial charge in [0.05, 0.1) is 11.5 Å². The highest BCUT2D eigenvalue weighted by atomic mass is 35.5. The number of hydrogen-bond donors (Lipinski definition) is 2. The van der Waals surface area contributed by atoms with Crippen molar-refractivity contribution in [3.63, 3.8) is 0 Å². The van der Waals surface area contributed by atoms with E-state index >= 15 is 0 Å². The molecule has 130 valence electrons. The molecule has 0 bridgehead atoms. The third-order valence-electron chi connectivity index (χ3n) is 3.58. The van der Waals surface area contributed by atoms with Crippen molar-refractivity contribution < 1.29 is 14.5 Å². The van der Waals surface area contributed by atoms with Crippen LogP contribution in [0.5, 0.6) is 0 Å². The molecule has 0 aliphatic carbocycles. The second-order valence-corrected chi connectivity index (χ2v) is 5.77. The quantitative estimate of drug-likeness (QED) is 0.463. The number of Topliss-reactive ketones (excluding diaryl/α,β-unsaturated/α-hetero) is 1. The lowest BCUT2D eigenvalue weighted by Gasteiger charge is -2.11. The molecule has 0 aliphatic heterocycles. The fourth-order valence-electron chi connectivity index (χ4n) is 2.16. The van der Waals surface area contributed by atoms with Gasteiger partial charge in [-0.1, -0.05) is 17.7 Å². The fraction of sp³-hybridized carbons (Fsp3) is 0.176. The lowest BCUT2D eigenvalue weighted by molar-refractivity contribution is -0.384. The van der Waals surface area contributed by atoms with Crippen molar-refractivity contribution in [1.29, 1.82) is 0 Å². The van der Waals surface area contributed by atoms with Crippen LogP contribution in [0.3, 0.4) is 0 Å². The van der Waals surface area contributed by atoms with Gasteiger partial charge in [0.2, 0.25) is 5.91 Å². The number of halogens is 1. The smallest absolute Gasteiger partial charge is 0.293 e. The second kappa shape index (κ2) is 7.76. The number of anilines is 2. The standard InChI is InChI=1S/C17H16ClN3O4/c1-10-13(18)4-3-5-14(10)20-17(23)9-19-15-7-6-12(11(2)22)8-16(15)21(24)25/h3-8,19H,9H2,1-2H3,(H,20,23). The van der Waals surface area contributed by atoms with E-state index in [4.69, 9.17) is 11.6 Å². The molecule has 2 rings (SSSR count). The van der Waals surface area contributed by atoms with E-state index in [1.54, 1.807) is 25.1 Å². The molecule has 0 heterocycles. The van der Waals surface area contributed by atoms with Crippen LogP contribution >= 0.6 is 11.6 Å². The van der Waals surface area contributed by atoms with Crippen molar-refractivity contribution in [2.75, 3.05) is 17.2 Å². The lowest BCUT2D eigenvalue weighted by atomic mass is 10.1. The molecule has 25 heavy (non-hydrogen) atoms. The van der Waals surface area contributed by atoms with E-state index in [1.807, 2.05) is 0 Å². The zero-order valence-corrected chi connectivity index (χ0v) is 14.4. The second-order valence-electron chi connectivity index (χ2n) is 5.36. The molecular formula is C17H16ClN3O4. The lowest BCUT2D eigenvalue weighted by Crippen LogP contribution is -2.22. The first-order chi connectivity index (χ1) is 11.8. The topological polar surface area (TPSA) is 101 Å². The first kappa shape index (κ1) is 18.4. The average molecular weight is 362 g/mol. The summed E-state index contributed by atoms with van der Waals surface area (Å²) < 4.78 is 0. The highest BCUT2D eigenvalue weighted by Crippen LogP contribution is 2.26. The Labute approximate surface area is 149 Å². The Morgan fingerprint density at radius 3 is 2.56 bits per heavy atom. The SMILES string of the molecule is CC(=O)c1ccc(NCC(=O)Nc2cccc(Cl)c2C)c([N+](=O)[O-])c1. The summed E-state index contributed by atoms with van der Waals surface area (Å²) in [7, 11) is 0. The van der Waals surface area contributed by atoms with E-state index in [0.29, 0.717) is 10.7 Å². The molecule has 0 saturated heterocycles. The molecular weight excluding hydrogens is 346 g/mol. The Balaban J connectivity index is 2.10. The molecule has 0 spiro atoms. The van der Waals surface area contributed by atoms with E-state index in [-0.39, 0.29) is 35.2 Å². The van der Waals surface area contributed by atoms with Crippen molar-refractivity contribution in [1.82, 2.24) is 0 Å². The first-order valence-corrected chi connectivity index (χ1v) is 7.75. The highest BCUT2D eigenvalue weighted by molar-refractivity contribution is 6.31. The monoisotopic (exact) mass is 361 g/mol. The van der Waals surface area contributed by atoms with Crippen molar-refractivity contribution in [2.24, 2.45) is 0 Å². The number of nitrogens with one attached hydrogen (secondary N) is 2. The summed E-state index contributed by atoms with van der Waals surface area (Å²) in [6, 6.07) is 9.20. The number of amides is 1. The molecule has 0 fully saturated rings. The number of carbonyl (C=O) groups excluding carboxylic acids is 2. The normalized spacial score (nSPS) is 10.2. The predicted molar refractivity (Wildman–Crippen MR) is 96.4 cm³/mol. The van der Waals surface area contributed by atoms with Gasteiger partial charge in [0.25, 0.3) is 5.69 Å². The van der Waals surface area contributed by atoms with E-state index in [2.05, 4.69) is 10.6 Å². The zero-order chi connectivity index (χ0) is 18.6. The number of hydrogen-bond acceptors (Lipinski definition) is 5. The number of nitro benzene ring substituents is 1. The van der Waals surface area contributed by atoms with Gasteiger partial charge in [-0.2, -0.15) is 0 Å². The van der Waals surface area contributed by atoms with Crippen LogP contribution in [0.1, 0.15) is 22.8 Å². The molecule has 0 saturated carbocycles. The Hall–Kier alpha value is -2.93. The van der Waals surface area contributed by atoms with Crippen LogP contribution in [0.15, 0.2) is 36.4 Å². The Morgan fingerprint density at radius 1 is 1.20 bits per heavy atom. The number of benzene rings is 2. The third-order valence-corrected chi connectivity index (χ3v) is 3.99.